The predicted molar refractivity (Wildman–Crippen MR) is 72.0 cm³/mol. The Bertz CT molecular complexity index is 363. The molecule has 1 rings (SSSR count). The van der Waals surface area contributed by atoms with Crippen molar-refractivity contribution in [1.82, 2.24) is 5.32 Å². The zero-order chi connectivity index (χ0) is 12.0. The Balaban J connectivity index is 2.95. The number of benzene rings is 1. The van der Waals surface area contributed by atoms with Crippen molar-refractivity contribution in [3.8, 4) is 5.75 Å². The van der Waals surface area contributed by atoms with E-state index in [1.54, 1.807) is 6.08 Å². The summed E-state index contributed by atoms with van der Waals surface area (Å²) in [5, 5.41) is 3.31. The zero-order valence-corrected chi connectivity index (χ0v) is 11.4. The summed E-state index contributed by atoms with van der Waals surface area (Å²) < 4.78 is 6.78. The maximum absolute atomic E-state index is 5.69. The minimum absolute atomic E-state index is 0.543. The molecule has 0 radical (unpaired) electrons. The van der Waals surface area contributed by atoms with Crippen LogP contribution in [0.5, 0.6) is 5.75 Å². The van der Waals surface area contributed by atoms with Crippen molar-refractivity contribution in [3.05, 3.63) is 40.4 Å². The SMILES string of the molecule is C=CCOc1c(C)cc(Br)cc1CNCC. The summed E-state index contributed by atoms with van der Waals surface area (Å²) in [5.74, 6) is 0.962. The van der Waals surface area contributed by atoms with Crippen molar-refractivity contribution < 1.29 is 4.74 Å². The summed E-state index contributed by atoms with van der Waals surface area (Å²) in [4.78, 5) is 0. The van der Waals surface area contributed by atoms with E-state index in [0.717, 1.165) is 28.9 Å². The Morgan fingerprint density at radius 1 is 1.50 bits per heavy atom. The maximum Gasteiger partial charge on any atom is 0.127 e. The van der Waals surface area contributed by atoms with E-state index < -0.39 is 0 Å². The van der Waals surface area contributed by atoms with Gasteiger partial charge in [-0.2, -0.15) is 0 Å². The third-order valence-electron chi connectivity index (χ3n) is 2.23. The molecule has 0 amide bonds. The largest absolute Gasteiger partial charge is 0.489 e. The smallest absolute Gasteiger partial charge is 0.127 e. The minimum atomic E-state index is 0.543. The van der Waals surface area contributed by atoms with Crippen molar-refractivity contribution in [2.24, 2.45) is 0 Å². The standard InChI is InChI=1S/C13H18BrNO/c1-4-6-16-13-10(3)7-12(14)8-11(13)9-15-5-2/h4,7-8,15H,1,5-6,9H2,2-3H3. The van der Waals surface area contributed by atoms with Gasteiger partial charge >= 0.3 is 0 Å². The van der Waals surface area contributed by atoms with Gasteiger partial charge in [-0.3, -0.25) is 0 Å². The molecule has 1 N–H and O–H groups in total. The summed E-state index contributed by atoms with van der Waals surface area (Å²) >= 11 is 3.50. The fourth-order valence-corrected chi connectivity index (χ4v) is 2.16. The summed E-state index contributed by atoms with van der Waals surface area (Å²) in [6.07, 6.45) is 1.76. The van der Waals surface area contributed by atoms with Gasteiger partial charge in [0.2, 0.25) is 0 Å². The Labute approximate surface area is 106 Å². The maximum atomic E-state index is 5.69. The third kappa shape index (κ3) is 3.65. The van der Waals surface area contributed by atoms with Crippen LogP contribution >= 0.6 is 15.9 Å². The van der Waals surface area contributed by atoms with Gasteiger partial charge in [0.15, 0.2) is 0 Å². The van der Waals surface area contributed by atoms with Crippen molar-refractivity contribution in [2.45, 2.75) is 20.4 Å². The predicted octanol–water partition coefficient (Wildman–Crippen LogP) is 3.43. The summed E-state index contributed by atoms with van der Waals surface area (Å²) in [6.45, 7) is 10.1. The average molecular weight is 284 g/mol. The van der Waals surface area contributed by atoms with Crippen molar-refractivity contribution in [1.29, 1.82) is 0 Å². The summed E-state index contributed by atoms with van der Waals surface area (Å²) in [7, 11) is 0. The van der Waals surface area contributed by atoms with Crippen molar-refractivity contribution in [2.75, 3.05) is 13.2 Å². The first-order valence-electron chi connectivity index (χ1n) is 5.42. The monoisotopic (exact) mass is 283 g/mol. The number of hydrogen-bond acceptors (Lipinski definition) is 2. The Hall–Kier alpha value is -0.800. The quantitative estimate of drug-likeness (QED) is 0.808. The molecular formula is C13H18BrNO. The second-order valence-corrected chi connectivity index (χ2v) is 4.51. The summed E-state index contributed by atoms with van der Waals surface area (Å²) in [5.41, 5.74) is 2.32. The van der Waals surface area contributed by atoms with Crippen LogP contribution in [0.4, 0.5) is 0 Å². The van der Waals surface area contributed by atoms with Gasteiger partial charge in [0, 0.05) is 16.6 Å². The molecule has 0 aliphatic carbocycles. The van der Waals surface area contributed by atoms with E-state index in [9.17, 15) is 0 Å². The average Bonchev–Trinajstić information content (AvgIpc) is 2.24. The van der Waals surface area contributed by atoms with Crippen molar-refractivity contribution >= 4 is 15.9 Å². The first-order chi connectivity index (χ1) is 7.69. The van der Waals surface area contributed by atoms with E-state index in [-0.39, 0.29) is 0 Å². The molecule has 88 valence electrons. The number of aryl methyl sites for hydroxylation is 1. The lowest BCUT2D eigenvalue weighted by Gasteiger charge is -2.14. The summed E-state index contributed by atoms with van der Waals surface area (Å²) in [6, 6.07) is 4.15. The number of rotatable bonds is 6. The van der Waals surface area contributed by atoms with Crippen LogP contribution in [0.15, 0.2) is 29.3 Å². The highest BCUT2D eigenvalue weighted by molar-refractivity contribution is 9.10. The molecule has 3 heteroatoms. The van der Waals surface area contributed by atoms with Gasteiger partial charge < -0.3 is 10.1 Å². The topological polar surface area (TPSA) is 21.3 Å². The Morgan fingerprint density at radius 3 is 2.88 bits per heavy atom. The van der Waals surface area contributed by atoms with E-state index in [4.69, 9.17) is 4.74 Å². The van der Waals surface area contributed by atoms with Gasteiger partial charge in [-0.15, -0.1) is 0 Å². The van der Waals surface area contributed by atoms with Crippen LogP contribution in [0.2, 0.25) is 0 Å². The molecule has 0 atom stereocenters. The highest BCUT2D eigenvalue weighted by atomic mass is 79.9. The first kappa shape index (κ1) is 13.3. The molecule has 0 spiro atoms. The van der Waals surface area contributed by atoms with Gasteiger partial charge in [-0.1, -0.05) is 35.5 Å². The molecule has 16 heavy (non-hydrogen) atoms. The lowest BCUT2D eigenvalue weighted by molar-refractivity contribution is 0.355. The lowest BCUT2D eigenvalue weighted by Crippen LogP contribution is -2.13. The van der Waals surface area contributed by atoms with Gasteiger partial charge in [0.25, 0.3) is 0 Å². The van der Waals surface area contributed by atoms with Crippen LogP contribution in [-0.2, 0) is 6.54 Å². The fourth-order valence-electron chi connectivity index (χ4n) is 1.54. The van der Waals surface area contributed by atoms with Gasteiger partial charge in [-0.05, 0) is 31.2 Å². The number of hydrogen-bond donors (Lipinski definition) is 1. The zero-order valence-electron chi connectivity index (χ0n) is 9.85. The molecule has 0 aliphatic heterocycles. The van der Waals surface area contributed by atoms with Crippen LogP contribution < -0.4 is 10.1 Å². The van der Waals surface area contributed by atoms with Crippen LogP contribution in [0.3, 0.4) is 0 Å². The van der Waals surface area contributed by atoms with E-state index in [1.807, 2.05) is 0 Å². The molecule has 0 unspecified atom stereocenters. The van der Waals surface area contributed by atoms with Gasteiger partial charge in [0.1, 0.15) is 12.4 Å². The highest BCUT2D eigenvalue weighted by Crippen LogP contribution is 2.28. The minimum Gasteiger partial charge on any atom is -0.489 e. The molecule has 0 bridgehead atoms. The fraction of sp³-hybridized carbons (Fsp3) is 0.385. The first-order valence-corrected chi connectivity index (χ1v) is 6.21. The molecule has 0 aromatic heterocycles. The molecule has 0 aliphatic rings. The molecule has 0 heterocycles. The second-order valence-electron chi connectivity index (χ2n) is 3.59. The molecule has 0 saturated heterocycles. The van der Waals surface area contributed by atoms with Crippen molar-refractivity contribution in [3.63, 3.8) is 0 Å². The van der Waals surface area contributed by atoms with E-state index in [2.05, 4.69) is 53.8 Å². The number of nitrogens with one attached hydrogen (secondary N) is 1. The highest BCUT2D eigenvalue weighted by Gasteiger charge is 2.08. The molecular weight excluding hydrogens is 266 g/mol. The van der Waals surface area contributed by atoms with Crippen LogP contribution in [0.1, 0.15) is 18.1 Å². The van der Waals surface area contributed by atoms with Crippen LogP contribution in [0.25, 0.3) is 0 Å². The molecule has 1 aromatic rings. The molecule has 0 fully saturated rings. The third-order valence-corrected chi connectivity index (χ3v) is 2.69. The Morgan fingerprint density at radius 2 is 2.25 bits per heavy atom. The van der Waals surface area contributed by atoms with E-state index in [1.165, 1.54) is 5.56 Å². The molecule has 2 nitrogen and oxygen atoms in total. The number of halogens is 1. The number of ether oxygens (including phenoxy) is 1. The van der Waals surface area contributed by atoms with Gasteiger partial charge in [0.05, 0.1) is 0 Å². The second kappa shape index (κ2) is 6.71. The van der Waals surface area contributed by atoms with Crippen LogP contribution in [0, 0.1) is 6.92 Å². The Kier molecular flexibility index (Phi) is 5.56. The molecule has 0 saturated carbocycles. The van der Waals surface area contributed by atoms with E-state index >= 15 is 0 Å². The normalized spacial score (nSPS) is 10.2. The van der Waals surface area contributed by atoms with Gasteiger partial charge in [-0.25, -0.2) is 0 Å². The van der Waals surface area contributed by atoms with Crippen LogP contribution in [-0.4, -0.2) is 13.2 Å². The molecule has 1 aromatic carbocycles. The van der Waals surface area contributed by atoms with E-state index in [0.29, 0.717) is 6.61 Å². The lowest BCUT2D eigenvalue weighted by atomic mass is 10.1.